The molecule has 1 aromatic carbocycles. The molecule has 1 heterocycles. The fourth-order valence-electron chi connectivity index (χ4n) is 1.08. The van der Waals surface area contributed by atoms with Crippen molar-refractivity contribution in [1.29, 1.82) is 0 Å². The lowest BCUT2D eigenvalue weighted by atomic mass is 10.3. The van der Waals surface area contributed by atoms with Crippen molar-refractivity contribution in [2.45, 2.75) is 4.90 Å². The molecule has 0 aromatic heterocycles. The summed E-state index contributed by atoms with van der Waals surface area (Å²) >= 11 is 3.20. The van der Waals surface area contributed by atoms with Gasteiger partial charge in [0.2, 0.25) is 0 Å². The number of hydrogen-bond donors (Lipinski definition) is 1. The van der Waals surface area contributed by atoms with Crippen LogP contribution in [0.3, 0.4) is 0 Å². The van der Waals surface area contributed by atoms with Gasteiger partial charge in [-0.05, 0) is 24.5 Å². The Bertz CT molecular complexity index is 363. The Morgan fingerprint density at radius 1 is 1.46 bits per heavy atom. The second kappa shape index (κ2) is 3.64. The van der Waals surface area contributed by atoms with Crippen molar-refractivity contribution >= 4 is 29.2 Å². The van der Waals surface area contributed by atoms with Crippen LogP contribution in [0.1, 0.15) is 0 Å². The van der Waals surface area contributed by atoms with Crippen LogP contribution in [0.4, 0.5) is 10.1 Å². The van der Waals surface area contributed by atoms with Gasteiger partial charge in [0.05, 0.1) is 10.7 Å². The maximum absolute atomic E-state index is 12.8. The first-order valence-corrected chi connectivity index (χ1v) is 5.87. The van der Waals surface area contributed by atoms with Crippen molar-refractivity contribution in [3.8, 4) is 0 Å². The lowest BCUT2D eigenvalue weighted by Crippen LogP contribution is -2.00. The van der Waals surface area contributed by atoms with Gasteiger partial charge in [-0.2, -0.15) is 0 Å². The van der Waals surface area contributed by atoms with E-state index >= 15 is 0 Å². The van der Waals surface area contributed by atoms with Crippen LogP contribution in [-0.4, -0.2) is 6.26 Å². The van der Waals surface area contributed by atoms with Gasteiger partial charge in [0.25, 0.3) is 0 Å². The van der Waals surface area contributed by atoms with Crippen LogP contribution in [0.5, 0.6) is 0 Å². The molecule has 13 heavy (non-hydrogen) atoms. The summed E-state index contributed by atoms with van der Waals surface area (Å²) in [5.74, 6) is -0.186. The van der Waals surface area contributed by atoms with E-state index in [4.69, 9.17) is 0 Å². The Morgan fingerprint density at radius 3 is 3.08 bits per heavy atom. The molecular weight excluding hydrogens is 205 g/mol. The first kappa shape index (κ1) is 8.97. The van der Waals surface area contributed by atoms with Gasteiger partial charge in [0.1, 0.15) is 5.82 Å². The standard InChI is InChI=1S/C9H8FNS2/c1-12-9-5-13-8-4-6(10)2-3-7(8)11-9/h2-5,11H,1H3. The third kappa shape index (κ3) is 1.84. The highest BCUT2D eigenvalue weighted by molar-refractivity contribution is 8.06. The van der Waals surface area contributed by atoms with Crippen LogP contribution in [-0.2, 0) is 0 Å². The summed E-state index contributed by atoms with van der Waals surface area (Å²) < 4.78 is 12.8. The van der Waals surface area contributed by atoms with Crippen molar-refractivity contribution < 1.29 is 4.39 Å². The highest BCUT2D eigenvalue weighted by Crippen LogP contribution is 2.36. The fraction of sp³-hybridized carbons (Fsp3) is 0.111. The van der Waals surface area contributed by atoms with Crippen LogP contribution in [0.2, 0.25) is 0 Å². The molecule has 0 fully saturated rings. The van der Waals surface area contributed by atoms with E-state index in [-0.39, 0.29) is 5.82 Å². The van der Waals surface area contributed by atoms with E-state index in [9.17, 15) is 4.39 Å². The van der Waals surface area contributed by atoms with Crippen molar-refractivity contribution in [3.63, 3.8) is 0 Å². The number of rotatable bonds is 1. The van der Waals surface area contributed by atoms with Crippen LogP contribution >= 0.6 is 23.5 Å². The van der Waals surface area contributed by atoms with Gasteiger partial charge >= 0.3 is 0 Å². The minimum atomic E-state index is -0.186. The summed E-state index contributed by atoms with van der Waals surface area (Å²) in [6.45, 7) is 0. The van der Waals surface area contributed by atoms with Gasteiger partial charge in [0, 0.05) is 10.3 Å². The van der Waals surface area contributed by atoms with Crippen LogP contribution < -0.4 is 5.32 Å². The molecule has 0 amide bonds. The second-order valence-electron chi connectivity index (χ2n) is 2.57. The van der Waals surface area contributed by atoms with Crippen molar-refractivity contribution in [2.75, 3.05) is 11.6 Å². The zero-order valence-corrected chi connectivity index (χ0v) is 8.64. The first-order chi connectivity index (χ1) is 6.29. The maximum atomic E-state index is 12.8. The Hall–Kier alpha value is -0.610. The quantitative estimate of drug-likeness (QED) is 0.766. The molecule has 0 atom stereocenters. The number of halogens is 1. The second-order valence-corrected chi connectivity index (χ2v) is 4.33. The van der Waals surface area contributed by atoms with E-state index < -0.39 is 0 Å². The largest absolute Gasteiger partial charge is 0.349 e. The zero-order valence-electron chi connectivity index (χ0n) is 7.00. The average molecular weight is 213 g/mol. The Kier molecular flexibility index (Phi) is 2.51. The highest BCUT2D eigenvalue weighted by Gasteiger charge is 2.10. The lowest BCUT2D eigenvalue weighted by Gasteiger charge is -2.16. The molecule has 1 aromatic rings. The molecule has 0 unspecified atom stereocenters. The van der Waals surface area contributed by atoms with Gasteiger partial charge in [-0.1, -0.05) is 11.8 Å². The van der Waals surface area contributed by atoms with Gasteiger partial charge in [-0.25, -0.2) is 4.39 Å². The maximum Gasteiger partial charge on any atom is 0.124 e. The average Bonchev–Trinajstić information content (AvgIpc) is 2.17. The van der Waals surface area contributed by atoms with Gasteiger partial charge < -0.3 is 5.32 Å². The number of anilines is 1. The molecule has 0 bridgehead atoms. The zero-order chi connectivity index (χ0) is 9.26. The smallest absolute Gasteiger partial charge is 0.124 e. The van der Waals surface area contributed by atoms with Crippen LogP contribution in [0, 0.1) is 5.82 Å². The van der Waals surface area contributed by atoms with E-state index in [0.717, 1.165) is 15.6 Å². The van der Waals surface area contributed by atoms with Gasteiger partial charge in [0.15, 0.2) is 0 Å². The summed E-state index contributed by atoms with van der Waals surface area (Å²) in [5.41, 5.74) is 0.984. The van der Waals surface area contributed by atoms with Crippen molar-refractivity contribution in [3.05, 3.63) is 34.5 Å². The Labute approximate surface area is 84.8 Å². The molecule has 1 aliphatic rings. The molecule has 2 rings (SSSR count). The summed E-state index contributed by atoms with van der Waals surface area (Å²) in [5, 5.41) is 6.30. The highest BCUT2D eigenvalue weighted by atomic mass is 32.2. The SMILES string of the molecule is CSC1=CSc2cc(F)ccc2N1. The topological polar surface area (TPSA) is 12.0 Å². The van der Waals surface area contributed by atoms with Gasteiger partial charge in [-0.15, -0.1) is 11.8 Å². The molecule has 0 aliphatic carbocycles. The van der Waals surface area contributed by atoms with E-state index in [1.54, 1.807) is 35.7 Å². The van der Waals surface area contributed by atoms with E-state index in [0.29, 0.717) is 0 Å². The lowest BCUT2D eigenvalue weighted by molar-refractivity contribution is 0.624. The Morgan fingerprint density at radius 2 is 2.31 bits per heavy atom. The molecule has 0 saturated carbocycles. The molecule has 4 heteroatoms. The van der Waals surface area contributed by atoms with Crippen LogP contribution in [0.15, 0.2) is 33.5 Å². The molecule has 0 radical (unpaired) electrons. The van der Waals surface area contributed by atoms with Crippen LogP contribution in [0.25, 0.3) is 0 Å². The predicted molar refractivity (Wildman–Crippen MR) is 57.5 cm³/mol. The third-order valence-corrected chi connectivity index (χ3v) is 3.47. The summed E-state index contributed by atoms with van der Waals surface area (Å²) in [7, 11) is 0. The van der Waals surface area contributed by atoms with E-state index in [1.807, 2.05) is 11.7 Å². The van der Waals surface area contributed by atoms with E-state index in [1.165, 1.54) is 6.07 Å². The molecule has 1 aliphatic heterocycles. The normalized spacial score (nSPS) is 14.5. The van der Waals surface area contributed by atoms with Gasteiger partial charge in [-0.3, -0.25) is 0 Å². The third-order valence-electron chi connectivity index (χ3n) is 1.71. The monoisotopic (exact) mass is 213 g/mol. The minimum Gasteiger partial charge on any atom is -0.349 e. The van der Waals surface area contributed by atoms with Crippen molar-refractivity contribution in [2.24, 2.45) is 0 Å². The summed E-state index contributed by atoms with van der Waals surface area (Å²) in [4.78, 5) is 0.942. The first-order valence-electron chi connectivity index (χ1n) is 3.77. The molecular formula is C9H8FNS2. The Balaban J connectivity index is 2.33. The number of thioether (sulfide) groups is 2. The summed E-state index contributed by atoms with van der Waals surface area (Å²) in [6.07, 6.45) is 2.01. The fourth-order valence-corrected chi connectivity index (χ4v) is 2.54. The minimum absolute atomic E-state index is 0.186. The number of benzene rings is 1. The molecule has 68 valence electrons. The predicted octanol–water partition coefficient (Wildman–Crippen LogP) is 3.51. The molecule has 0 saturated heterocycles. The van der Waals surface area contributed by atoms with Crippen molar-refractivity contribution in [1.82, 2.24) is 0 Å². The number of fused-ring (bicyclic) bond motifs is 1. The molecule has 1 N–H and O–H groups in total. The molecule has 1 nitrogen and oxygen atoms in total. The summed E-state index contributed by atoms with van der Waals surface area (Å²) in [6, 6.07) is 4.77. The number of hydrogen-bond acceptors (Lipinski definition) is 3. The molecule has 0 spiro atoms. The number of nitrogens with one attached hydrogen (secondary N) is 1. The van der Waals surface area contributed by atoms with E-state index in [2.05, 4.69) is 5.32 Å².